The first-order chi connectivity index (χ1) is 7.48. The summed E-state index contributed by atoms with van der Waals surface area (Å²) in [7, 11) is 0. The van der Waals surface area contributed by atoms with Crippen LogP contribution in [-0.4, -0.2) is 58.3 Å². The van der Waals surface area contributed by atoms with Gasteiger partial charge in [0, 0.05) is 30.1 Å². The highest BCUT2D eigenvalue weighted by Gasteiger charge is 2.44. The monoisotopic (exact) mass is 245 g/mol. The second kappa shape index (κ2) is 4.55. The van der Waals surface area contributed by atoms with Crippen LogP contribution in [-0.2, 0) is 9.53 Å². The van der Waals surface area contributed by atoms with Gasteiger partial charge in [-0.25, -0.2) is 4.79 Å². The van der Waals surface area contributed by atoms with Crippen LogP contribution in [0, 0.1) is 0 Å². The van der Waals surface area contributed by atoms with Crippen molar-refractivity contribution in [3.63, 3.8) is 0 Å². The number of thioether (sulfide) groups is 1. The van der Waals surface area contributed by atoms with Crippen LogP contribution in [0.2, 0.25) is 0 Å². The minimum atomic E-state index is -0.885. The van der Waals surface area contributed by atoms with E-state index >= 15 is 0 Å². The summed E-state index contributed by atoms with van der Waals surface area (Å²) in [6, 6.07) is 0.668. The van der Waals surface area contributed by atoms with Crippen LogP contribution in [0.25, 0.3) is 0 Å². The number of rotatable bonds is 4. The Labute approximate surface area is 100 Å². The van der Waals surface area contributed by atoms with E-state index in [9.17, 15) is 4.79 Å². The maximum atomic E-state index is 10.4. The Morgan fingerprint density at radius 3 is 2.81 bits per heavy atom. The molecule has 92 valence electrons. The molecule has 5 heteroatoms. The average Bonchev–Trinajstić information content (AvgIpc) is 2.57. The molecule has 2 aliphatic heterocycles. The molecule has 2 heterocycles. The highest BCUT2D eigenvalue weighted by atomic mass is 32.2. The van der Waals surface area contributed by atoms with E-state index in [1.807, 2.05) is 18.7 Å². The fourth-order valence-electron chi connectivity index (χ4n) is 2.45. The van der Waals surface area contributed by atoms with Crippen LogP contribution in [0.5, 0.6) is 0 Å². The highest BCUT2D eigenvalue weighted by Crippen LogP contribution is 2.35. The summed E-state index contributed by atoms with van der Waals surface area (Å²) >= 11 is 2.02. The van der Waals surface area contributed by atoms with Crippen LogP contribution >= 0.6 is 11.8 Å². The van der Waals surface area contributed by atoms with E-state index < -0.39 is 5.97 Å². The summed E-state index contributed by atoms with van der Waals surface area (Å²) in [6.45, 7) is 5.83. The quantitative estimate of drug-likeness (QED) is 0.802. The number of carboxylic acids is 1. The molecule has 2 aliphatic rings. The highest BCUT2D eigenvalue weighted by molar-refractivity contribution is 8.00. The van der Waals surface area contributed by atoms with Gasteiger partial charge < -0.3 is 9.84 Å². The van der Waals surface area contributed by atoms with Crippen LogP contribution in [0.1, 0.15) is 20.3 Å². The molecule has 2 atom stereocenters. The van der Waals surface area contributed by atoms with Gasteiger partial charge in [0.15, 0.2) is 0 Å². The molecule has 2 fully saturated rings. The first kappa shape index (κ1) is 12.2. The fourth-order valence-corrected chi connectivity index (χ4v) is 3.70. The van der Waals surface area contributed by atoms with Gasteiger partial charge >= 0.3 is 5.97 Å². The smallest absolute Gasteiger partial charge is 0.329 e. The Morgan fingerprint density at radius 1 is 1.62 bits per heavy atom. The molecule has 0 bridgehead atoms. The number of aliphatic carboxylic acids is 1. The molecule has 0 spiro atoms. The lowest BCUT2D eigenvalue weighted by Crippen LogP contribution is -2.64. The molecular weight excluding hydrogens is 226 g/mol. The van der Waals surface area contributed by atoms with Crippen molar-refractivity contribution in [3.8, 4) is 0 Å². The molecule has 1 N–H and O–H groups in total. The van der Waals surface area contributed by atoms with E-state index in [-0.39, 0.29) is 12.2 Å². The fraction of sp³-hybridized carbons (Fsp3) is 0.909. The van der Waals surface area contributed by atoms with Crippen molar-refractivity contribution < 1.29 is 14.6 Å². The molecule has 2 unspecified atom stereocenters. The molecule has 0 amide bonds. The van der Waals surface area contributed by atoms with Crippen LogP contribution in [0.15, 0.2) is 0 Å². The predicted octanol–water partition coefficient (Wildman–Crippen LogP) is 1.06. The van der Waals surface area contributed by atoms with E-state index in [1.165, 1.54) is 12.2 Å². The van der Waals surface area contributed by atoms with Crippen LogP contribution in [0.3, 0.4) is 0 Å². The van der Waals surface area contributed by atoms with Crippen LogP contribution < -0.4 is 0 Å². The van der Waals surface area contributed by atoms with E-state index in [1.54, 1.807) is 0 Å². The van der Waals surface area contributed by atoms with Gasteiger partial charge in [-0.2, -0.15) is 11.8 Å². The molecule has 2 saturated heterocycles. The van der Waals surface area contributed by atoms with Crippen molar-refractivity contribution in [1.82, 2.24) is 4.90 Å². The van der Waals surface area contributed by atoms with Crippen molar-refractivity contribution in [1.29, 1.82) is 0 Å². The van der Waals surface area contributed by atoms with Crippen molar-refractivity contribution >= 4 is 17.7 Å². The maximum absolute atomic E-state index is 10.4. The third-order valence-corrected chi connectivity index (χ3v) is 4.65. The van der Waals surface area contributed by atoms with Gasteiger partial charge in [-0.05, 0) is 13.3 Å². The van der Waals surface area contributed by atoms with Gasteiger partial charge in [-0.3, -0.25) is 4.90 Å². The molecule has 2 rings (SSSR count). The van der Waals surface area contributed by atoms with Gasteiger partial charge in [-0.1, -0.05) is 6.92 Å². The normalized spacial score (nSPS) is 33.6. The SMILES string of the molecule is CC1CC(N2CC(C)(OCC(=O)O)C2)CS1. The third kappa shape index (κ3) is 2.70. The number of carbonyl (C=O) groups is 1. The Bertz CT molecular complexity index is 278. The minimum Gasteiger partial charge on any atom is -0.480 e. The Balaban J connectivity index is 1.73. The molecule has 0 radical (unpaired) electrons. The second-order valence-corrected chi connectivity index (χ2v) is 6.54. The number of hydrogen-bond donors (Lipinski definition) is 1. The molecule has 4 nitrogen and oxygen atoms in total. The summed E-state index contributed by atoms with van der Waals surface area (Å²) in [6.07, 6.45) is 1.25. The van der Waals surface area contributed by atoms with Gasteiger partial charge in [0.1, 0.15) is 6.61 Å². The van der Waals surface area contributed by atoms with E-state index in [0.717, 1.165) is 18.3 Å². The van der Waals surface area contributed by atoms with Crippen LogP contribution in [0.4, 0.5) is 0 Å². The van der Waals surface area contributed by atoms with E-state index in [0.29, 0.717) is 6.04 Å². The van der Waals surface area contributed by atoms with Crippen molar-refractivity contribution in [3.05, 3.63) is 0 Å². The Morgan fingerprint density at radius 2 is 2.31 bits per heavy atom. The standard InChI is InChI=1S/C11H19NO3S/c1-8-3-9(5-16-8)12-6-11(2,7-12)15-4-10(13)14/h8-9H,3-7H2,1-2H3,(H,13,14). The zero-order valence-electron chi connectivity index (χ0n) is 9.81. The van der Waals surface area contributed by atoms with Crippen molar-refractivity contribution in [2.75, 3.05) is 25.4 Å². The lowest BCUT2D eigenvalue weighted by Gasteiger charge is -2.50. The summed E-state index contributed by atoms with van der Waals surface area (Å²) < 4.78 is 5.40. The van der Waals surface area contributed by atoms with Crippen molar-refractivity contribution in [2.45, 2.75) is 37.2 Å². The minimum absolute atomic E-state index is 0.180. The number of ether oxygens (including phenoxy) is 1. The summed E-state index contributed by atoms with van der Waals surface area (Å²) in [5, 5.41) is 9.33. The number of carboxylic acid groups (broad SMARTS) is 1. The average molecular weight is 245 g/mol. The van der Waals surface area contributed by atoms with E-state index in [2.05, 4.69) is 11.8 Å². The summed E-state index contributed by atoms with van der Waals surface area (Å²) in [4.78, 5) is 12.8. The van der Waals surface area contributed by atoms with Gasteiger partial charge in [0.05, 0.1) is 5.60 Å². The molecule has 0 saturated carbocycles. The molecule has 0 aliphatic carbocycles. The summed E-state index contributed by atoms with van der Waals surface area (Å²) in [5.41, 5.74) is -0.241. The van der Waals surface area contributed by atoms with Gasteiger partial charge in [-0.15, -0.1) is 0 Å². The zero-order chi connectivity index (χ0) is 11.8. The third-order valence-electron chi connectivity index (χ3n) is 3.31. The molecule has 16 heavy (non-hydrogen) atoms. The maximum Gasteiger partial charge on any atom is 0.329 e. The lowest BCUT2D eigenvalue weighted by molar-refractivity contribution is -0.168. The molecular formula is C11H19NO3S. The van der Waals surface area contributed by atoms with Gasteiger partial charge in [0.2, 0.25) is 0 Å². The molecule has 0 aromatic heterocycles. The van der Waals surface area contributed by atoms with E-state index in [4.69, 9.17) is 9.84 Å². The second-order valence-electron chi connectivity index (χ2n) is 5.07. The Hall–Kier alpha value is -0.260. The predicted molar refractivity (Wildman–Crippen MR) is 63.9 cm³/mol. The zero-order valence-corrected chi connectivity index (χ0v) is 10.6. The topological polar surface area (TPSA) is 49.8 Å². The van der Waals surface area contributed by atoms with Gasteiger partial charge in [0.25, 0.3) is 0 Å². The first-order valence-corrected chi connectivity index (χ1v) is 6.75. The molecule has 0 aromatic rings. The number of hydrogen-bond acceptors (Lipinski definition) is 4. The number of likely N-dealkylation sites (tertiary alicyclic amines) is 1. The molecule has 0 aromatic carbocycles. The lowest BCUT2D eigenvalue weighted by atomic mass is 9.93. The largest absolute Gasteiger partial charge is 0.480 e. The Kier molecular flexibility index (Phi) is 3.47. The number of nitrogens with zero attached hydrogens (tertiary/aromatic N) is 1. The first-order valence-electron chi connectivity index (χ1n) is 5.70. The summed E-state index contributed by atoms with van der Waals surface area (Å²) in [5.74, 6) is 0.320. The van der Waals surface area contributed by atoms with Crippen molar-refractivity contribution in [2.24, 2.45) is 0 Å².